The minimum Gasteiger partial charge on any atom is -0.493 e. The van der Waals surface area contributed by atoms with Crippen LogP contribution in [0.4, 0.5) is 4.39 Å². The highest BCUT2D eigenvalue weighted by Crippen LogP contribution is 2.43. The molecule has 1 aliphatic heterocycles. The summed E-state index contributed by atoms with van der Waals surface area (Å²) >= 11 is 0. The molecule has 0 aromatic heterocycles. The Hall–Kier alpha value is -2.11. The molecule has 1 unspecified atom stereocenters. The number of Topliss-reactive ketones (excluding diaryl/α,β-unsaturated/α-hetero) is 1. The maximum absolute atomic E-state index is 15.9. The second-order valence-electron chi connectivity index (χ2n) is 8.89. The molecule has 32 heavy (non-hydrogen) atoms. The number of carbonyl (C=O) groups excluding carboxylic acids is 1. The number of carbonyl (C=O) groups is 1. The zero-order valence-corrected chi connectivity index (χ0v) is 19.8. The Morgan fingerprint density at radius 2 is 1.84 bits per heavy atom. The predicted octanol–water partition coefficient (Wildman–Crippen LogP) is 5.66. The van der Waals surface area contributed by atoms with Crippen LogP contribution < -0.4 is 9.47 Å². The fourth-order valence-electron chi connectivity index (χ4n) is 4.88. The third-order valence-electron chi connectivity index (χ3n) is 6.54. The molecule has 1 fully saturated rings. The molecule has 2 aromatic rings. The molecule has 1 atom stereocenters. The molecular formula is C26H33ClFNO3. The number of hydrogen-bond acceptors (Lipinski definition) is 4. The molecule has 0 N–H and O–H groups in total. The number of benzene rings is 2. The van der Waals surface area contributed by atoms with E-state index in [2.05, 4.69) is 29.2 Å². The quantitative estimate of drug-likeness (QED) is 0.508. The number of alkyl halides is 1. The fourth-order valence-corrected chi connectivity index (χ4v) is 4.88. The molecule has 0 saturated carbocycles. The number of halogens is 2. The van der Waals surface area contributed by atoms with Gasteiger partial charge in [0.2, 0.25) is 5.78 Å². The number of methoxy groups -OCH3 is 1. The monoisotopic (exact) mass is 461 g/mol. The molecule has 0 spiro atoms. The Kier molecular flexibility index (Phi) is 8.18. The normalized spacial score (nSPS) is 21.2. The highest BCUT2D eigenvalue weighted by molar-refractivity contribution is 6.07. The first-order valence-corrected chi connectivity index (χ1v) is 11.4. The lowest BCUT2D eigenvalue weighted by atomic mass is 9.83. The van der Waals surface area contributed by atoms with Crippen molar-refractivity contribution in [3.8, 4) is 11.5 Å². The zero-order chi connectivity index (χ0) is 21.8. The first kappa shape index (κ1) is 24.5. The lowest BCUT2D eigenvalue weighted by Gasteiger charge is -2.34. The minimum absolute atomic E-state index is 0. The van der Waals surface area contributed by atoms with Gasteiger partial charge in [0.15, 0.2) is 17.2 Å². The third-order valence-corrected chi connectivity index (χ3v) is 6.54. The van der Waals surface area contributed by atoms with Gasteiger partial charge in [0.1, 0.15) is 0 Å². The van der Waals surface area contributed by atoms with Crippen LogP contribution >= 0.6 is 12.4 Å². The van der Waals surface area contributed by atoms with Crippen LogP contribution in [0.1, 0.15) is 54.1 Å². The summed E-state index contributed by atoms with van der Waals surface area (Å²) < 4.78 is 27.0. The smallest absolute Gasteiger partial charge is 0.200 e. The second-order valence-corrected chi connectivity index (χ2v) is 8.89. The van der Waals surface area contributed by atoms with Gasteiger partial charge in [-0.25, -0.2) is 4.39 Å². The van der Waals surface area contributed by atoms with Gasteiger partial charge in [-0.15, -0.1) is 12.4 Å². The molecule has 2 aliphatic rings. The number of ketones is 1. The van der Waals surface area contributed by atoms with Gasteiger partial charge in [0, 0.05) is 18.5 Å². The summed E-state index contributed by atoms with van der Waals surface area (Å²) in [7, 11) is 1.55. The summed E-state index contributed by atoms with van der Waals surface area (Å²) in [5, 5.41) is 0. The van der Waals surface area contributed by atoms with Crippen molar-refractivity contribution in [3.05, 3.63) is 59.2 Å². The summed E-state index contributed by atoms with van der Waals surface area (Å²) in [6.07, 6.45) is 3.16. The van der Waals surface area contributed by atoms with Gasteiger partial charge in [0.05, 0.1) is 13.7 Å². The summed E-state index contributed by atoms with van der Waals surface area (Å²) in [6.45, 7) is 5.41. The summed E-state index contributed by atoms with van der Waals surface area (Å²) in [5.41, 5.74) is 0.674. The molecule has 4 nitrogen and oxygen atoms in total. The predicted molar refractivity (Wildman–Crippen MR) is 127 cm³/mol. The van der Waals surface area contributed by atoms with E-state index in [1.807, 2.05) is 13.0 Å². The van der Waals surface area contributed by atoms with E-state index in [1.165, 1.54) is 5.56 Å². The van der Waals surface area contributed by atoms with Crippen LogP contribution in [0, 0.1) is 5.92 Å². The van der Waals surface area contributed by atoms with E-state index < -0.39 is 11.5 Å². The summed E-state index contributed by atoms with van der Waals surface area (Å²) in [5.74, 6) is 0.927. The van der Waals surface area contributed by atoms with E-state index in [4.69, 9.17) is 9.47 Å². The van der Waals surface area contributed by atoms with Crippen LogP contribution in [-0.2, 0) is 13.0 Å². The van der Waals surface area contributed by atoms with Crippen LogP contribution in [0.25, 0.3) is 0 Å². The minimum atomic E-state index is -1.82. The number of nitrogens with zero attached hydrogens (tertiary/aromatic N) is 1. The van der Waals surface area contributed by atoms with Crippen LogP contribution in [-0.4, -0.2) is 43.2 Å². The number of hydrogen-bond donors (Lipinski definition) is 0. The van der Waals surface area contributed by atoms with Crippen molar-refractivity contribution in [1.29, 1.82) is 0 Å². The van der Waals surface area contributed by atoms with Crippen molar-refractivity contribution in [1.82, 2.24) is 4.90 Å². The molecular weight excluding hydrogens is 429 g/mol. The Labute approximate surface area is 196 Å². The number of likely N-dealkylation sites (tertiary alicyclic amines) is 1. The van der Waals surface area contributed by atoms with Crippen molar-refractivity contribution in [2.24, 2.45) is 5.92 Å². The number of rotatable bonds is 8. The SMILES string of the molecule is CCCOc1cc2c(cc1OC)C(=O)C(F)(CC1CCN(Cc3ccccc3)CC1)C2.Cl. The fraction of sp³-hybridized carbons (Fsp3) is 0.500. The highest BCUT2D eigenvalue weighted by atomic mass is 35.5. The Morgan fingerprint density at radius 1 is 1.12 bits per heavy atom. The molecule has 0 bridgehead atoms. The van der Waals surface area contributed by atoms with Crippen molar-refractivity contribution >= 4 is 18.2 Å². The Morgan fingerprint density at radius 3 is 2.50 bits per heavy atom. The first-order valence-electron chi connectivity index (χ1n) is 11.4. The topological polar surface area (TPSA) is 38.8 Å². The molecule has 4 rings (SSSR count). The van der Waals surface area contributed by atoms with Crippen molar-refractivity contribution in [2.75, 3.05) is 26.8 Å². The molecule has 6 heteroatoms. The molecule has 1 saturated heterocycles. The summed E-state index contributed by atoms with van der Waals surface area (Å²) in [6, 6.07) is 13.9. The van der Waals surface area contributed by atoms with Gasteiger partial charge in [-0.05, 0) is 68.0 Å². The van der Waals surface area contributed by atoms with Crippen LogP contribution in [0.3, 0.4) is 0 Å². The zero-order valence-electron chi connectivity index (χ0n) is 18.9. The molecule has 0 radical (unpaired) electrons. The maximum atomic E-state index is 15.9. The Balaban J connectivity index is 0.00000289. The molecule has 0 amide bonds. The van der Waals surface area contributed by atoms with E-state index in [0.717, 1.165) is 44.5 Å². The average Bonchev–Trinajstić information content (AvgIpc) is 3.02. The highest BCUT2D eigenvalue weighted by Gasteiger charge is 2.48. The summed E-state index contributed by atoms with van der Waals surface area (Å²) in [4.78, 5) is 15.4. The van der Waals surface area contributed by atoms with Gasteiger partial charge in [-0.1, -0.05) is 37.3 Å². The van der Waals surface area contributed by atoms with Crippen LogP contribution in [0.5, 0.6) is 11.5 Å². The van der Waals surface area contributed by atoms with Crippen molar-refractivity contribution < 1.29 is 18.7 Å². The van der Waals surface area contributed by atoms with Gasteiger partial charge < -0.3 is 9.47 Å². The van der Waals surface area contributed by atoms with Gasteiger partial charge in [0.25, 0.3) is 0 Å². The van der Waals surface area contributed by atoms with Crippen LogP contribution in [0.2, 0.25) is 0 Å². The first-order chi connectivity index (χ1) is 15.0. The number of ether oxygens (including phenoxy) is 2. The third kappa shape index (κ3) is 5.26. The van der Waals surface area contributed by atoms with Gasteiger partial charge in [-0.3, -0.25) is 9.69 Å². The Bertz CT molecular complexity index is 915. The molecule has 1 aliphatic carbocycles. The molecule has 1 heterocycles. The van der Waals surface area contributed by atoms with Gasteiger partial charge in [-0.2, -0.15) is 0 Å². The van der Waals surface area contributed by atoms with Crippen molar-refractivity contribution in [2.45, 2.75) is 51.2 Å². The largest absolute Gasteiger partial charge is 0.493 e. The van der Waals surface area contributed by atoms with E-state index in [1.54, 1.807) is 19.2 Å². The lowest BCUT2D eigenvalue weighted by Crippen LogP contribution is -2.38. The lowest BCUT2D eigenvalue weighted by molar-refractivity contribution is 0.0587. The van der Waals surface area contributed by atoms with E-state index in [9.17, 15) is 4.79 Å². The van der Waals surface area contributed by atoms with Gasteiger partial charge >= 0.3 is 0 Å². The van der Waals surface area contributed by atoms with Crippen LogP contribution in [0.15, 0.2) is 42.5 Å². The maximum Gasteiger partial charge on any atom is 0.200 e. The number of fused-ring (bicyclic) bond motifs is 1. The molecule has 174 valence electrons. The molecule has 2 aromatic carbocycles. The van der Waals surface area contributed by atoms with E-state index in [-0.39, 0.29) is 24.7 Å². The number of piperidine rings is 1. The van der Waals surface area contributed by atoms with E-state index in [0.29, 0.717) is 30.1 Å². The second kappa shape index (κ2) is 10.7. The van der Waals surface area contributed by atoms with E-state index >= 15 is 4.39 Å². The standard InChI is InChI=1S/C26H32FNO3.ClH/c1-3-13-31-24-14-21-17-26(27,25(29)22(21)15-23(24)30-2)16-19-9-11-28(12-10-19)18-20-7-5-4-6-8-20;/h4-8,14-15,19H,3,9-13,16-18H2,1-2H3;1H. The van der Waals surface area contributed by atoms with Crippen molar-refractivity contribution in [3.63, 3.8) is 0 Å². The average molecular weight is 462 g/mol.